The quantitative estimate of drug-likeness (QED) is 0.286. The topological polar surface area (TPSA) is 63.6 Å². The van der Waals surface area contributed by atoms with E-state index in [1.807, 2.05) is 0 Å². The van der Waals surface area contributed by atoms with E-state index < -0.39 is 23.8 Å². The second-order valence-electron chi connectivity index (χ2n) is 7.37. The van der Waals surface area contributed by atoms with Gasteiger partial charge in [-0.05, 0) is 54.3 Å². The van der Waals surface area contributed by atoms with E-state index in [-0.39, 0.29) is 34.4 Å². The molecule has 0 fully saturated rings. The molecule has 180 valence electrons. The molecule has 1 heterocycles. The first-order valence-electron chi connectivity index (χ1n) is 10.2. The number of rotatable bonds is 9. The van der Waals surface area contributed by atoms with Gasteiger partial charge in [0.1, 0.15) is 10.8 Å². The number of hydrogen-bond acceptors (Lipinski definition) is 4. The summed E-state index contributed by atoms with van der Waals surface area (Å²) < 4.78 is 43.7. The molecule has 0 aliphatic rings. The number of ether oxygens (including phenoxy) is 1. The van der Waals surface area contributed by atoms with E-state index >= 15 is 0 Å². The van der Waals surface area contributed by atoms with Crippen molar-refractivity contribution in [2.24, 2.45) is 0 Å². The highest BCUT2D eigenvalue weighted by Gasteiger charge is 2.30. The van der Waals surface area contributed by atoms with Crippen molar-refractivity contribution in [3.8, 4) is 16.2 Å². The fraction of sp³-hybridized carbons (Fsp3) is 0.250. The van der Waals surface area contributed by atoms with Gasteiger partial charge in [-0.15, -0.1) is 11.3 Å². The minimum absolute atomic E-state index is 0.0760. The summed E-state index contributed by atoms with van der Waals surface area (Å²) in [6.45, 7) is 1.67. The molecule has 0 amide bonds. The summed E-state index contributed by atoms with van der Waals surface area (Å²) in [5.74, 6) is -1.11. The fourth-order valence-corrected chi connectivity index (χ4v) is 4.61. The lowest BCUT2D eigenvalue weighted by Crippen LogP contribution is -2.26. The van der Waals surface area contributed by atoms with Gasteiger partial charge in [-0.2, -0.15) is 13.2 Å². The van der Waals surface area contributed by atoms with E-state index in [9.17, 15) is 22.8 Å². The number of ketones is 1. The first-order valence-corrected chi connectivity index (χ1v) is 11.8. The van der Waals surface area contributed by atoms with Crippen LogP contribution in [-0.2, 0) is 17.4 Å². The van der Waals surface area contributed by atoms with Crippen molar-refractivity contribution in [3.05, 3.63) is 74.6 Å². The Morgan fingerprint density at radius 1 is 1.03 bits per heavy atom. The van der Waals surface area contributed by atoms with Crippen molar-refractivity contribution in [1.82, 2.24) is 0 Å². The number of carboxylic acid groups (broad SMARTS) is 1. The third-order valence-electron chi connectivity index (χ3n) is 5.04. The first-order chi connectivity index (χ1) is 16.0. The Labute approximate surface area is 207 Å². The molecule has 1 unspecified atom stereocenters. The number of carboxylic acids is 1. The number of carbonyl (C=O) groups is 2. The Hall–Kier alpha value is -2.55. The monoisotopic (exact) mass is 530 g/mol. The standard InChI is InChI=1S/C24H19Cl2F3O4S/c1-2-17(23(31)32)33-18-10-6-14(21(25)22(18)26)5-9-16(30)20-12-11-19(34-20)13-3-7-15(8-4-13)24(27,28)29/h3-4,6-8,10-12,17H,2,5,9H2,1H3,(H,31,32). The highest BCUT2D eigenvalue weighted by Crippen LogP contribution is 2.37. The van der Waals surface area contributed by atoms with Gasteiger partial charge in [0.05, 0.1) is 15.5 Å². The van der Waals surface area contributed by atoms with Crippen molar-refractivity contribution >= 4 is 46.3 Å². The maximum atomic E-state index is 12.7. The predicted octanol–water partition coefficient (Wildman–Crippen LogP) is 7.80. The van der Waals surface area contributed by atoms with Gasteiger partial charge < -0.3 is 9.84 Å². The summed E-state index contributed by atoms with van der Waals surface area (Å²) in [4.78, 5) is 25.0. The van der Waals surface area contributed by atoms with Crippen molar-refractivity contribution in [1.29, 1.82) is 0 Å². The van der Waals surface area contributed by atoms with Crippen LogP contribution in [0.5, 0.6) is 5.75 Å². The minimum atomic E-state index is -4.41. The molecule has 1 aromatic heterocycles. The number of aryl methyl sites for hydroxylation is 1. The lowest BCUT2D eigenvalue weighted by molar-refractivity contribution is -0.145. The SMILES string of the molecule is CCC(Oc1ccc(CCC(=O)c2ccc(-c3ccc(C(F)(F)F)cc3)s2)c(Cl)c1Cl)C(=O)O. The Morgan fingerprint density at radius 2 is 1.71 bits per heavy atom. The van der Waals surface area contributed by atoms with Gasteiger partial charge in [0, 0.05) is 11.3 Å². The Bertz CT molecular complexity index is 1190. The lowest BCUT2D eigenvalue weighted by atomic mass is 10.1. The molecule has 0 aliphatic heterocycles. The van der Waals surface area contributed by atoms with Crippen LogP contribution < -0.4 is 4.74 Å². The van der Waals surface area contributed by atoms with Gasteiger partial charge in [-0.1, -0.05) is 48.3 Å². The van der Waals surface area contributed by atoms with Crippen molar-refractivity contribution in [2.45, 2.75) is 38.5 Å². The van der Waals surface area contributed by atoms with Crippen molar-refractivity contribution in [3.63, 3.8) is 0 Å². The van der Waals surface area contributed by atoms with Crippen LogP contribution in [0.3, 0.4) is 0 Å². The molecular weight excluding hydrogens is 512 g/mol. The number of halogens is 5. The van der Waals surface area contributed by atoms with E-state index in [0.29, 0.717) is 27.3 Å². The van der Waals surface area contributed by atoms with E-state index in [4.69, 9.17) is 33.0 Å². The van der Waals surface area contributed by atoms with E-state index in [2.05, 4.69) is 0 Å². The Balaban J connectivity index is 1.67. The number of aliphatic carboxylic acids is 1. The molecule has 0 spiro atoms. The minimum Gasteiger partial charge on any atom is -0.479 e. The van der Waals surface area contributed by atoms with Crippen molar-refractivity contribution in [2.75, 3.05) is 0 Å². The van der Waals surface area contributed by atoms with Crippen LogP contribution in [0.25, 0.3) is 10.4 Å². The zero-order chi connectivity index (χ0) is 25.0. The molecule has 1 N–H and O–H groups in total. The van der Waals surface area contributed by atoms with Crippen LogP contribution in [0.4, 0.5) is 13.2 Å². The number of carbonyl (C=O) groups excluding carboxylic acids is 1. The van der Waals surface area contributed by atoms with Gasteiger partial charge in [0.15, 0.2) is 11.9 Å². The van der Waals surface area contributed by atoms with Crippen LogP contribution >= 0.6 is 34.5 Å². The molecule has 0 bridgehead atoms. The lowest BCUT2D eigenvalue weighted by Gasteiger charge is -2.16. The largest absolute Gasteiger partial charge is 0.479 e. The predicted molar refractivity (Wildman–Crippen MR) is 126 cm³/mol. The Kier molecular flexibility index (Phi) is 8.28. The fourth-order valence-electron chi connectivity index (χ4n) is 3.16. The van der Waals surface area contributed by atoms with Crippen LogP contribution in [0.15, 0.2) is 48.5 Å². The zero-order valence-corrected chi connectivity index (χ0v) is 20.1. The number of alkyl halides is 3. The van der Waals surface area contributed by atoms with Gasteiger partial charge in [0.2, 0.25) is 0 Å². The van der Waals surface area contributed by atoms with E-state index in [1.165, 1.54) is 29.5 Å². The van der Waals surface area contributed by atoms with Gasteiger partial charge in [-0.3, -0.25) is 4.79 Å². The second-order valence-corrected chi connectivity index (χ2v) is 9.21. The smallest absolute Gasteiger partial charge is 0.416 e. The summed E-state index contributed by atoms with van der Waals surface area (Å²) in [5.41, 5.74) is 0.466. The third kappa shape index (κ3) is 6.11. The van der Waals surface area contributed by atoms with E-state index in [1.54, 1.807) is 25.1 Å². The summed E-state index contributed by atoms with van der Waals surface area (Å²) >= 11 is 13.8. The molecule has 34 heavy (non-hydrogen) atoms. The zero-order valence-electron chi connectivity index (χ0n) is 17.8. The highest BCUT2D eigenvalue weighted by atomic mass is 35.5. The summed E-state index contributed by atoms with van der Waals surface area (Å²) in [5, 5.41) is 9.40. The van der Waals surface area contributed by atoms with E-state index in [0.717, 1.165) is 12.1 Å². The average molecular weight is 531 g/mol. The summed E-state index contributed by atoms with van der Waals surface area (Å²) in [7, 11) is 0. The van der Waals surface area contributed by atoms with Gasteiger partial charge in [-0.25, -0.2) is 4.79 Å². The molecule has 3 rings (SSSR count). The molecular formula is C24H19Cl2F3O4S. The maximum absolute atomic E-state index is 12.7. The number of hydrogen-bond donors (Lipinski definition) is 1. The van der Waals surface area contributed by atoms with Gasteiger partial charge in [0.25, 0.3) is 0 Å². The summed E-state index contributed by atoms with van der Waals surface area (Å²) in [6.07, 6.45) is -4.79. The van der Waals surface area contributed by atoms with Crippen LogP contribution in [0.2, 0.25) is 10.0 Å². The third-order valence-corrected chi connectivity index (χ3v) is 7.12. The number of thiophene rings is 1. The van der Waals surface area contributed by atoms with Crippen LogP contribution in [0.1, 0.15) is 40.6 Å². The molecule has 2 aromatic carbocycles. The molecule has 0 saturated carbocycles. The van der Waals surface area contributed by atoms with Gasteiger partial charge >= 0.3 is 12.1 Å². The summed E-state index contributed by atoms with van der Waals surface area (Å²) in [6, 6.07) is 11.3. The molecule has 0 radical (unpaired) electrons. The number of Topliss-reactive ketones (excluding diaryl/α,β-unsaturated/α-hetero) is 1. The molecule has 3 aromatic rings. The maximum Gasteiger partial charge on any atom is 0.416 e. The van der Waals surface area contributed by atoms with Crippen LogP contribution in [0, 0.1) is 0 Å². The molecule has 4 nitrogen and oxygen atoms in total. The molecule has 1 atom stereocenters. The molecule has 0 saturated heterocycles. The first kappa shape index (κ1) is 26.1. The second kappa shape index (κ2) is 10.8. The average Bonchev–Trinajstić information content (AvgIpc) is 3.29. The van der Waals surface area contributed by atoms with Crippen molar-refractivity contribution < 1.29 is 32.6 Å². The highest BCUT2D eigenvalue weighted by molar-refractivity contribution is 7.17. The number of benzene rings is 2. The normalized spacial score (nSPS) is 12.4. The molecule has 0 aliphatic carbocycles. The Morgan fingerprint density at radius 3 is 2.29 bits per heavy atom. The molecule has 10 heteroatoms. The van der Waals surface area contributed by atoms with Crippen LogP contribution in [-0.4, -0.2) is 23.0 Å².